The molecule has 0 aliphatic rings. The lowest BCUT2D eigenvalue weighted by molar-refractivity contribution is 0.669. The van der Waals surface area contributed by atoms with Crippen molar-refractivity contribution in [2.45, 2.75) is 27.2 Å². The summed E-state index contributed by atoms with van der Waals surface area (Å²) in [5, 5.41) is 12.4. The first-order valence-electron chi connectivity index (χ1n) is 16.5. The van der Waals surface area contributed by atoms with Gasteiger partial charge in [0.2, 0.25) is 0 Å². The molecule has 0 unspecified atom stereocenters. The van der Waals surface area contributed by atoms with Gasteiger partial charge in [0.15, 0.2) is 0 Å². The fourth-order valence-corrected chi connectivity index (χ4v) is 7.61. The van der Waals surface area contributed by atoms with E-state index in [1.807, 2.05) is 0 Å². The Labute approximate surface area is 273 Å². The first-order chi connectivity index (χ1) is 23.1. The predicted molar refractivity (Wildman–Crippen MR) is 202 cm³/mol. The van der Waals surface area contributed by atoms with E-state index < -0.39 is 0 Å². The Morgan fingerprint density at radius 1 is 0.532 bits per heavy atom. The summed E-state index contributed by atoms with van der Waals surface area (Å²) in [7, 11) is 0. The van der Waals surface area contributed by atoms with E-state index in [0.29, 0.717) is 0 Å². The maximum Gasteiger partial charge on any atom is 0.136 e. The number of benzene rings is 8. The van der Waals surface area contributed by atoms with Gasteiger partial charge in [-0.2, -0.15) is 0 Å². The maximum absolute atomic E-state index is 6.43. The molecule has 0 saturated carbocycles. The molecule has 9 rings (SSSR count). The summed E-state index contributed by atoms with van der Waals surface area (Å²) in [6, 6.07) is 48.1. The minimum absolute atomic E-state index is 0.928. The van der Waals surface area contributed by atoms with Crippen LogP contribution in [0.15, 0.2) is 148 Å². The van der Waals surface area contributed by atoms with Crippen molar-refractivity contribution in [3.63, 3.8) is 0 Å². The molecule has 0 atom stereocenters. The van der Waals surface area contributed by atoms with Gasteiger partial charge in [0.1, 0.15) is 11.2 Å². The lowest BCUT2D eigenvalue weighted by Gasteiger charge is -2.19. The zero-order valence-corrected chi connectivity index (χ0v) is 26.8. The van der Waals surface area contributed by atoms with Crippen LogP contribution in [0.2, 0.25) is 0 Å². The zero-order chi connectivity index (χ0) is 31.6. The van der Waals surface area contributed by atoms with E-state index >= 15 is 0 Å². The minimum atomic E-state index is 0.928. The van der Waals surface area contributed by atoms with E-state index in [1.165, 1.54) is 70.6 Å². The average Bonchev–Trinajstić information content (AvgIpc) is 3.52. The molecular formula is C45H33NO. The molecule has 0 aliphatic heterocycles. The van der Waals surface area contributed by atoms with Gasteiger partial charge in [0.05, 0.1) is 5.70 Å². The lowest BCUT2D eigenvalue weighted by Crippen LogP contribution is -1.98. The smallest absolute Gasteiger partial charge is 0.136 e. The molecule has 8 aromatic carbocycles. The van der Waals surface area contributed by atoms with Gasteiger partial charge >= 0.3 is 0 Å². The molecule has 9 aromatic rings. The van der Waals surface area contributed by atoms with Gasteiger partial charge in [-0.3, -0.25) is 4.99 Å². The van der Waals surface area contributed by atoms with Crippen molar-refractivity contribution in [2.24, 2.45) is 4.99 Å². The monoisotopic (exact) mass is 603 g/mol. The van der Waals surface area contributed by atoms with Crippen LogP contribution in [-0.2, 0) is 0 Å². The second-order valence-corrected chi connectivity index (χ2v) is 12.6. The number of allylic oxidation sites excluding steroid dienone is 1. The molecule has 0 spiro atoms. The highest BCUT2D eigenvalue weighted by atomic mass is 16.3. The molecule has 0 fully saturated rings. The van der Waals surface area contributed by atoms with Gasteiger partial charge in [-0.05, 0) is 104 Å². The van der Waals surface area contributed by atoms with E-state index in [-0.39, 0.29) is 0 Å². The molecule has 0 radical (unpaired) electrons. The van der Waals surface area contributed by atoms with Crippen LogP contribution in [0, 0.1) is 0 Å². The largest absolute Gasteiger partial charge is 0.456 e. The van der Waals surface area contributed by atoms with Crippen molar-refractivity contribution in [3.05, 3.63) is 150 Å². The fraction of sp³-hybridized carbons (Fsp3) is 0.0889. The second kappa shape index (κ2) is 10.7. The summed E-state index contributed by atoms with van der Waals surface area (Å²) in [6.07, 6.45) is 0.928. The summed E-state index contributed by atoms with van der Waals surface area (Å²) in [5.41, 5.74) is 9.98. The topological polar surface area (TPSA) is 25.5 Å². The molecule has 1 aromatic heterocycles. The number of aliphatic imine (C=N–C) groups is 1. The second-order valence-electron chi connectivity index (χ2n) is 12.6. The summed E-state index contributed by atoms with van der Waals surface area (Å²) >= 11 is 0. The van der Waals surface area contributed by atoms with Crippen molar-refractivity contribution < 1.29 is 4.42 Å². The Kier molecular flexibility index (Phi) is 6.26. The third-order valence-electron chi connectivity index (χ3n) is 9.99. The number of nitrogens with zero attached hydrogens (tertiary/aromatic N) is 1. The summed E-state index contributed by atoms with van der Waals surface area (Å²) in [4.78, 5) is 5.30. The Balaban J connectivity index is 1.39. The van der Waals surface area contributed by atoms with Crippen LogP contribution in [0.3, 0.4) is 0 Å². The molecule has 0 N–H and O–H groups in total. The maximum atomic E-state index is 6.43. The quantitative estimate of drug-likeness (QED) is 0.142. The van der Waals surface area contributed by atoms with Crippen LogP contribution < -0.4 is 0 Å². The molecule has 0 aliphatic carbocycles. The van der Waals surface area contributed by atoms with E-state index in [1.54, 1.807) is 0 Å². The Morgan fingerprint density at radius 3 is 1.87 bits per heavy atom. The van der Waals surface area contributed by atoms with Crippen LogP contribution in [-0.4, -0.2) is 5.71 Å². The van der Waals surface area contributed by atoms with Gasteiger partial charge in [0, 0.05) is 22.0 Å². The van der Waals surface area contributed by atoms with Gasteiger partial charge < -0.3 is 4.42 Å². The highest BCUT2D eigenvalue weighted by Gasteiger charge is 2.22. The predicted octanol–water partition coefficient (Wildman–Crippen LogP) is 13.0. The van der Waals surface area contributed by atoms with Gasteiger partial charge in [-0.25, -0.2) is 0 Å². The molecule has 1 heterocycles. The van der Waals surface area contributed by atoms with Crippen molar-refractivity contribution in [1.82, 2.24) is 0 Å². The van der Waals surface area contributed by atoms with Crippen LogP contribution in [0.4, 0.5) is 0 Å². The van der Waals surface area contributed by atoms with Crippen molar-refractivity contribution >= 4 is 76.4 Å². The number of hydrogen-bond donors (Lipinski definition) is 0. The van der Waals surface area contributed by atoms with Crippen LogP contribution in [0.5, 0.6) is 0 Å². The minimum Gasteiger partial charge on any atom is -0.456 e. The molecule has 47 heavy (non-hydrogen) atoms. The molecule has 0 bridgehead atoms. The van der Waals surface area contributed by atoms with E-state index in [2.05, 4.69) is 154 Å². The summed E-state index contributed by atoms with van der Waals surface area (Å²) < 4.78 is 6.43. The summed E-state index contributed by atoms with van der Waals surface area (Å²) in [6.45, 7) is 6.54. The van der Waals surface area contributed by atoms with Crippen LogP contribution in [0.25, 0.3) is 81.9 Å². The highest BCUT2D eigenvalue weighted by Crippen LogP contribution is 2.49. The molecule has 2 nitrogen and oxygen atoms in total. The normalized spacial score (nSPS) is 13.1. The van der Waals surface area contributed by atoms with Gasteiger partial charge in [0.25, 0.3) is 0 Å². The highest BCUT2D eigenvalue weighted by molar-refractivity contribution is 6.39. The average molecular weight is 604 g/mol. The molecule has 0 amide bonds. The first kappa shape index (κ1) is 27.6. The van der Waals surface area contributed by atoms with Crippen molar-refractivity contribution in [1.29, 1.82) is 0 Å². The third kappa shape index (κ3) is 4.15. The van der Waals surface area contributed by atoms with Crippen LogP contribution in [0.1, 0.15) is 38.3 Å². The molecular weight excluding hydrogens is 571 g/mol. The lowest BCUT2D eigenvalue weighted by atomic mass is 9.84. The number of fused-ring (bicyclic) bond motifs is 6. The van der Waals surface area contributed by atoms with E-state index in [9.17, 15) is 0 Å². The Morgan fingerprint density at radius 2 is 1.15 bits per heavy atom. The zero-order valence-electron chi connectivity index (χ0n) is 26.8. The standard InChI is InChI=1S/C45H33NO/c1-4-27(2)45(46-28(3)29-14-6-5-7-15-29)35-25-24-34(32-18-10-11-19-33(32)35)38-26-30-16-8-9-17-31(30)41-36-20-12-22-39-43(36)44-37(42(38)41)21-13-23-40(44)47-39/h5-26H,4H2,1-3H3/b45-27-,46-28?. The molecule has 0 saturated heterocycles. The van der Waals surface area contributed by atoms with E-state index in [4.69, 9.17) is 9.41 Å². The Bertz CT molecular complexity index is 2720. The van der Waals surface area contributed by atoms with Gasteiger partial charge in [-0.1, -0.05) is 122 Å². The first-order valence-corrected chi connectivity index (χ1v) is 16.5. The molecule has 2 heteroatoms. The Hall–Kier alpha value is -5.73. The molecule has 224 valence electrons. The third-order valence-corrected chi connectivity index (χ3v) is 9.99. The SMILES string of the molecule is CC/C(C)=C(\N=C(C)c1ccccc1)c1ccc(-c2cc3ccccc3c3c4cccc5oc6cccc(c23)c6c54)c2ccccc12. The van der Waals surface area contributed by atoms with Crippen molar-refractivity contribution in [2.75, 3.05) is 0 Å². The van der Waals surface area contributed by atoms with Crippen LogP contribution >= 0.6 is 0 Å². The van der Waals surface area contributed by atoms with Gasteiger partial charge in [-0.15, -0.1) is 0 Å². The number of furan rings is 1. The fourth-order valence-electron chi connectivity index (χ4n) is 7.61. The number of hydrogen-bond acceptors (Lipinski definition) is 2. The summed E-state index contributed by atoms with van der Waals surface area (Å²) in [5.74, 6) is 0. The van der Waals surface area contributed by atoms with E-state index in [0.717, 1.165) is 40.1 Å². The van der Waals surface area contributed by atoms with Crippen molar-refractivity contribution in [3.8, 4) is 11.1 Å². The number of rotatable bonds is 5.